The van der Waals surface area contributed by atoms with Gasteiger partial charge in [-0.25, -0.2) is 0 Å². The SMILES string of the molecule is CC(C)c1ccc(CC(CN)(C(=O)O)C(C)C)cc1. The van der Waals surface area contributed by atoms with E-state index < -0.39 is 11.4 Å². The zero-order valence-electron chi connectivity index (χ0n) is 12.3. The summed E-state index contributed by atoms with van der Waals surface area (Å²) in [7, 11) is 0. The highest BCUT2D eigenvalue weighted by Gasteiger charge is 2.40. The molecule has 19 heavy (non-hydrogen) atoms. The van der Waals surface area contributed by atoms with E-state index in [9.17, 15) is 9.90 Å². The predicted octanol–water partition coefficient (Wildman–Crippen LogP) is 3.04. The molecule has 1 atom stereocenters. The van der Waals surface area contributed by atoms with Crippen LogP contribution in [0.2, 0.25) is 0 Å². The first-order valence-corrected chi connectivity index (χ1v) is 6.85. The van der Waals surface area contributed by atoms with Crippen LogP contribution in [0.15, 0.2) is 24.3 Å². The van der Waals surface area contributed by atoms with Crippen LogP contribution in [0.5, 0.6) is 0 Å². The van der Waals surface area contributed by atoms with Crippen LogP contribution in [0.25, 0.3) is 0 Å². The molecule has 0 radical (unpaired) electrons. The lowest BCUT2D eigenvalue weighted by atomic mass is 9.72. The smallest absolute Gasteiger partial charge is 0.311 e. The van der Waals surface area contributed by atoms with Crippen molar-refractivity contribution in [3.8, 4) is 0 Å². The molecule has 106 valence electrons. The van der Waals surface area contributed by atoms with Gasteiger partial charge in [0.05, 0.1) is 5.41 Å². The van der Waals surface area contributed by atoms with E-state index in [1.54, 1.807) is 0 Å². The molecule has 1 unspecified atom stereocenters. The first kappa shape index (κ1) is 15.7. The largest absolute Gasteiger partial charge is 0.481 e. The van der Waals surface area contributed by atoms with Gasteiger partial charge in [-0.3, -0.25) is 4.79 Å². The fourth-order valence-corrected chi connectivity index (χ4v) is 2.31. The van der Waals surface area contributed by atoms with Crippen molar-refractivity contribution in [1.29, 1.82) is 0 Å². The number of carboxylic acids is 1. The quantitative estimate of drug-likeness (QED) is 0.829. The van der Waals surface area contributed by atoms with Crippen LogP contribution in [0, 0.1) is 11.3 Å². The molecular weight excluding hydrogens is 238 g/mol. The van der Waals surface area contributed by atoms with Gasteiger partial charge in [-0.1, -0.05) is 52.0 Å². The lowest BCUT2D eigenvalue weighted by Gasteiger charge is -2.32. The van der Waals surface area contributed by atoms with Crippen LogP contribution in [0.3, 0.4) is 0 Å². The second kappa shape index (κ2) is 6.20. The van der Waals surface area contributed by atoms with Crippen molar-refractivity contribution in [2.75, 3.05) is 6.54 Å². The van der Waals surface area contributed by atoms with Gasteiger partial charge in [0, 0.05) is 6.54 Å². The molecule has 0 saturated carbocycles. The standard InChI is InChI=1S/C16H25NO2/c1-11(2)14-7-5-13(6-8-14)9-16(10-17,12(3)4)15(18)19/h5-8,11-12H,9-10,17H2,1-4H3,(H,18,19). The maximum atomic E-state index is 11.6. The molecule has 0 amide bonds. The van der Waals surface area contributed by atoms with Gasteiger partial charge in [-0.15, -0.1) is 0 Å². The third-order valence-electron chi connectivity index (χ3n) is 4.06. The van der Waals surface area contributed by atoms with E-state index >= 15 is 0 Å². The average molecular weight is 263 g/mol. The maximum Gasteiger partial charge on any atom is 0.311 e. The van der Waals surface area contributed by atoms with Crippen LogP contribution in [0.1, 0.15) is 44.7 Å². The molecule has 0 spiro atoms. The zero-order chi connectivity index (χ0) is 14.6. The second-order valence-corrected chi connectivity index (χ2v) is 5.89. The molecule has 0 fully saturated rings. The van der Waals surface area contributed by atoms with E-state index in [-0.39, 0.29) is 12.5 Å². The number of rotatable bonds is 6. The van der Waals surface area contributed by atoms with Gasteiger partial charge in [0.25, 0.3) is 0 Å². The number of hydrogen-bond donors (Lipinski definition) is 2. The number of benzene rings is 1. The van der Waals surface area contributed by atoms with Crippen molar-refractivity contribution >= 4 is 5.97 Å². The van der Waals surface area contributed by atoms with Gasteiger partial charge in [-0.05, 0) is 29.4 Å². The second-order valence-electron chi connectivity index (χ2n) is 5.89. The van der Waals surface area contributed by atoms with E-state index in [2.05, 4.69) is 26.0 Å². The highest BCUT2D eigenvalue weighted by Crippen LogP contribution is 2.31. The molecule has 0 aliphatic carbocycles. The maximum absolute atomic E-state index is 11.6. The summed E-state index contributed by atoms with van der Waals surface area (Å²) in [5, 5.41) is 9.52. The molecule has 3 nitrogen and oxygen atoms in total. The first-order valence-electron chi connectivity index (χ1n) is 6.85. The summed E-state index contributed by atoms with van der Waals surface area (Å²) >= 11 is 0. The zero-order valence-corrected chi connectivity index (χ0v) is 12.3. The normalized spacial score (nSPS) is 14.7. The van der Waals surface area contributed by atoms with Crippen molar-refractivity contribution in [3.63, 3.8) is 0 Å². The summed E-state index contributed by atoms with van der Waals surface area (Å²) in [6.45, 7) is 8.29. The molecule has 3 heteroatoms. The topological polar surface area (TPSA) is 63.3 Å². The highest BCUT2D eigenvalue weighted by molar-refractivity contribution is 5.75. The van der Waals surface area contributed by atoms with Gasteiger partial charge < -0.3 is 10.8 Å². The van der Waals surface area contributed by atoms with Crippen molar-refractivity contribution in [2.24, 2.45) is 17.1 Å². The van der Waals surface area contributed by atoms with Gasteiger partial charge in [0.15, 0.2) is 0 Å². The molecule has 1 rings (SSSR count). The van der Waals surface area contributed by atoms with Gasteiger partial charge in [0.2, 0.25) is 0 Å². The van der Waals surface area contributed by atoms with Crippen molar-refractivity contribution in [2.45, 2.75) is 40.0 Å². The fourth-order valence-electron chi connectivity index (χ4n) is 2.31. The Morgan fingerprint density at radius 3 is 2.05 bits per heavy atom. The number of aliphatic carboxylic acids is 1. The molecule has 3 N–H and O–H groups in total. The van der Waals surface area contributed by atoms with Gasteiger partial charge >= 0.3 is 5.97 Å². The molecule has 1 aromatic rings. The van der Waals surface area contributed by atoms with Crippen molar-refractivity contribution in [1.82, 2.24) is 0 Å². The Morgan fingerprint density at radius 2 is 1.74 bits per heavy atom. The van der Waals surface area contributed by atoms with Crippen LogP contribution in [0.4, 0.5) is 0 Å². The summed E-state index contributed by atoms with van der Waals surface area (Å²) in [5.41, 5.74) is 7.18. The molecule has 0 aliphatic heterocycles. The Hall–Kier alpha value is -1.35. The minimum Gasteiger partial charge on any atom is -0.481 e. The summed E-state index contributed by atoms with van der Waals surface area (Å²) in [5.74, 6) is -0.324. The molecule has 0 saturated heterocycles. The minimum atomic E-state index is -0.876. The van der Waals surface area contributed by atoms with Gasteiger partial charge in [-0.2, -0.15) is 0 Å². The van der Waals surface area contributed by atoms with E-state index in [1.165, 1.54) is 5.56 Å². The summed E-state index contributed by atoms with van der Waals surface area (Å²) in [6, 6.07) is 8.18. The Labute approximate surface area is 115 Å². The molecule has 0 aliphatic rings. The van der Waals surface area contributed by atoms with Gasteiger partial charge in [0.1, 0.15) is 0 Å². The average Bonchev–Trinajstić information content (AvgIpc) is 2.35. The van der Waals surface area contributed by atoms with E-state index in [4.69, 9.17) is 5.73 Å². The molecule has 0 aromatic heterocycles. The Morgan fingerprint density at radius 1 is 1.21 bits per heavy atom. The van der Waals surface area contributed by atoms with Crippen LogP contribution in [-0.4, -0.2) is 17.6 Å². The van der Waals surface area contributed by atoms with E-state index in [1.807, 2.05) is 26.0 Å². The first-order chi connectivity index (χ1) is 8.83. The lowest BCUT2D eigenvalue weighted by Crippen LogP contribution is -2.45. The van der Waals surface area contributed by atoms with Crippen molar-refractivity contribution < 1.29 is 9.90 Å². The van der Waals surface area contributed by atoms with Crippen LogP contribution >= 0.6 is 0 Å². The minimum absolute atomic E-state index is 0.000208. The Balaban J connectivity index is 3.00. The van der Waals surface area contributed by atoms with Crippen LogP contribution in [-0.2, 0) is 11.2 Å². The third kappa shape index (κ3) is 3.35. The monoisotopic (exact) mass is 263 g/mol. The summed E-state index contributed by atoms with van der Waals surface area (Å²) < 4.78 is 0. The number of nitrogens with two attached hydrogens (primary N) is 1. The molecule has 1 aromatic carbocycles. The Bertz CT molecular complexity index is 423. The molecule has 0 heterocycles. The molecule has 0 bridgehead atoms. The molecular formula is C16H25NO2. The van der Waals surface area contributed by atoms with Crippen molar-refractivity contribution in [3.05, 3.63) is 35.4 Å². The fraction of sp³-hybridized carbons (Fsp3) is 0.562. The number of carbonyl (C=O) groups is 1. The third-order valence-corrected chi connectivity index (χ3v) is 4.06. The van der Waals surface area contributed by atoms with E-state index in [0.29, 0.717) is 12.3 Å². The van der Waals surface area contributed by atoms with E-state index in [0.717, 1.165) is 5.56 Å². The summed E-state index contributed by atoms with van der Waals surface area (Å²) in [4.78, 5) is 11.6. The number of hydrogen-bond acceptors (Lipinski definition) is 2. The lowest BCUT2D eigenvalue weighted by molar-refractivity contribution is -0.151. The van der Waals surface area contributed by atoms with Crippen LogP contribution < -0.4 is 5.73 Å². The predicted molar refractivity (Wildman–Crippen MR) is 78.2 cm³/mol. The number of carboxylic acid groups (broad SMARTS) is 1. The summed E-state index contributed by atoms with van der Waals surface area (Å²) in [6.07, 6.45) is 0.481. The highest BCUT2D eigenvalue weighted by atomic mass is 16.4. The Kier molecular flexibility index (Phi) is 5.12.